The van der Waals surface area contributed by atoms with Crippen LogP contribution in [0.2, 0.25) is 0 Å². The van der Waals surface area contributed by atoms with Crippen molar-refractivity contribution in [1.82, 2.24) is 4.90 Å². The quantitative estimate of drug-likeness (QED) is 0.754. The molecule has 0 saturated heterocycles. The number of anilines is 1. The molecule has 2 aromatic rings. The molecule has 6 nitrogen and oxygen atoms in total. The van der Waals surface area contributed by atoms with Crippen LogP contribution < -0.4 is 14.8 Å². The molecule has 0 aliphatic heterocycles. The second kappa shape index (κ2) is 9.78. The number of carbonyl (C=O) groups is 2. The SMILES string of the molecule is COc1ccc(CN(CCC(=O)Nc2cc(C)ccc2C)C(C)=O)cc1OC. The van der Waals surface area contributed by atoms with Crippen molar-refractivity contribution in [2.75, 3.05) is 26.1 Å². The van der Waals surface area contributed by atoms with E-state index in [1.807, 2.05) is 44.2 Å². The highest BCUT2D eigenvalue weighted by molar-refractivity contribution is 5.92. The van der Waals surface area contributed by atoms with Crippen LogP contribution in [0, 0.1) is 13.8 Å². The summed E-state index contributed by atoms with van der Waals surface area (Å²) >= 11 is 0. The average Bonchev–Trinajstić information content (AvgIpc) is 2.67. The first-order valence-corrected chi connectivity index (χ1v) is 9.17. The number of carbonyl (C=O) groups excluding carboxylic acids is 2. The van der Waals surface area contributed by atoms with E-state index in [1.54, 1.807) is 25.2 Å². The highest BCUT2D eigenvalue weighted by Crippen LogP contribution is 2.28. The average molecular weight is 384 g/mol. The number of benzene rings is 2. The van der Waals surface area contributed by atoms with Gasteiger partial charge in [0.1, 0.15) is 0 Å². The first kappa shape index (κ1) is 21.3. The van der Waals surface area contributed by atoms with Crippen molar-refractivity contribution >= 4 is 17.5 Å². The number of hydrogen-bond donors (Lipinski definition) is 1. The van der Waals surface area contributed by atoms with E-state index in [0.717, 1.165) is 22.4 Å². The predicted octanol–water partition coefficient (Wildman–Crippen LogP) is 3.70. The Kier molecular flexibility index (Phi) is 7.44. The fourth-order valence-electron chi connectivity index (χ4n) is 2.87. The van der Waals surface area contributed by atoms with Crippen molar-refractivity contribution in [3.8, 4) is 11.5 Å². The number of nitrogens with zero attached hydrogens (tertiary/aromatic N) is 1. The first-order valence-electron chi connectivity index (χ1n) is 9.17. The van der Waals surface area contributed by atoms with Crippen molar-refractivity contribution in [2.45, 2.75) is 33.7 Å². The molecule has 0 saturated carbocycles. The van der Waals surface area contributed by atoms with E-state index < -0.39 is 0 Å². The monoisotopic (exact) mass is 384 g/mol. The molecule has 0 radical (unpaired) electrons. The molecule has 2 rings (SSSR count). The van der Waals surface area contributed by atoms with Crippen LogP contribution in [0.5, 0.6) is 11.5 Å². The zero-order valence-electron chi connectivity index (χ0n) is 17.2. The summed E-state index contributed by atoms with van der Waals surface area (Å²) in [4.78, 5) is 26.0. The summed E-state index contributed by atoms with van der Waals surface area (Å²) in [5, 5.41) is 2.93. The van der Waals surface area contributed by atoms with E-state index in [1.165, 1.54) is 6.92 Å². The molecule has 0 aromatic heterocycles. The van der Waals surface area contributed by atoms with E-state index in [4.69, 9.17) is 9.47 Å². The second-order valence-electron chi connectivity index (χ2n) is 6.75. The number of hydrogen-bond acceptors (Lipinski definition) is 4. The maximum Gasteiger partial charge on any atom is 0.226 e. The standard InChI is InChI=1S/C22H28N2O4/c1-15-6-7-16(2)19(12-15)23-22(26)10-11-24(17(3)25)14-18-8-9-20(27-4)21(13-18)28-5/h6-9,12-13H,10-11,14H2,1-5H3,(H,23,26). The lowest BCUT2D eigenvalue weighted by Gasteiger charge is -2.21. The van der Waals surface area contributed by atoms with Crippen molar-refractivity contribution in [3.05, 3.63) is 53.1 Å². The van der Waals surface area contributed by atoms with Crippen LogP contribution in [-0.2, 0) is 16.1 Å². The molecule has 0 fully saturated rings. The third-order valence-corrected chi connectivity index (χ3v) is 4.54. The Morgan fingerprint density at radius 1 is 1.00 bits per heavy atom. The highest BCUT2D eigenvalue weighted by Gasteiger charge is 2.14. The van der Waals surface area contributed by atoms with Crippen molar-refractivity contribution in [1.29, 1.82) is 0 Å². The van der Waals surface area contributed by atoms with Gasteiger partial charge < -0.3 is 19.7 Å². The minimum absolute atomic E-state index is 0.0886. The van der Waals surface area contributed by atoms with Gasteiger partial charge in [-0.15, -0.1) is 0 Å². The van der Waals surface area contributed by atoms with Gasteiger partial charge in [0.2, 0.25) is 11.8 Å². The molecule has 0 spiro atoms. The lowest BCUT2D eigenvalue weighted by Crippen LogP contribution is -2.31. The fourth-order valence-corrected chi connectivity index (χ4v) is 2.87. The molecule has 0 aliphatic rings. The number of methoxy groups -OCH3 is 2. The maximum atomic E-state index is 12.4. The van der Waals surface area contributed by atoms with Gasteiger partial charge in [0.25, 0.3) is 0 Å². The van der Waals surface area contributed by atoms with E-state index in [9.17, 15) is 9.59 Å². The minimum atomic E-state index is -0.118. The molecule has 0 aliphatic carbocycles. The van der Waals surface area contributed by atoms with E-state index in [2.05, 4.69) is 5.32 Å². The number of ether oxygens (including phenoxy) is 2. The van der Waals surface area contributed by atoms with Crippen molar-refractivity contribution < 1.29 is 19.1 Å². The van der Waals surface area contributed by atoms with Gasteiger partial charge in [-0.3, -0.25) is 9.59 Å². The number of nitrogens with one attached hydrogen (secondary N) is 1. The number of aryl methyl sites for hydroxylation is 2. The van der Waals surface area contributed by atoms with Gasteiger partial charge in [-0.25, -0.2) is 0 Å². The van der Waals surface area contributed by atoms with Crippen LogP contribution >= 0.6 is 0 Å². The molecule has 0 heterocycles. The predicted molar refractivity (Wildman–Crippen MR) is 110 cm³/mol. The van der Waals surface area contributed by atoms with E-state index in [0.29, 0.717) is 24.6 Å². The Balaban J connectivity index is 2.00. The number of rotatable bonds is 8. The number of amides is 2. The van der Waals surface area contributed by atoms with Crippen LogP contribution in [0.25, 0.3) is 0 Å². The second-order valence-corrected chi connectivity index (χ2v) is 6.75. The highest BCUT2D eigenvalue weighted by atomic mass is 16.5. The Morgan fingerprint density at radius 2 is 1.71 bits per heavy atom. The van der Waals surface area contributed by atoms with Crippen molar-refractivity contribution in [3.63, 3.8) is 0 Å². The smallest absolute Gasteiger partial charge is 0.226 e. The molecule has 0 bridgehead atoms. The van der Waals surface area contributed by atoms with E-state index >= 15 is 0 Å². The minimum Gasteiger partial charge on any atom is -0.493 e. The lowest BCUT2D eigenvalue weighted by molar-refractivity contribution is -0.129. The summed E-state index contributed by atoms with van der Waals surface area (Å²) in [6, 6.07) is 11.5. The fraction of sp³-hybridized carbons (Fsp3) is 0.364. The summed E-state index contributed by atoms with van der Waals surface area (Å²) in [7, 11) is 3.15. The van der Waals surface area contributed by atoms with Crippen LogP contribution in [0.15, 0.2) is 36.4 Å². The summed E-state index contributed by atoms with van der Waals surface area (Å²) < 4.78 is 10.6. The van der Waals surface area contributed by atoms with Gasteiger partial charge in [0.05, 0.1) is 14.2 Å². The molecule has 28 heavy (non-hydrogen) atoms. The first-order chi connectivity index (χ1) is 13.3. The van der Waals surface area contributed by atoms with E-state index in [-0.39, 0.29) is 18.2 Å². The maximum absolute atomic E-state index is 12.4. The third-order valence-electron chi connectivity index (χ3n) is 4.54. The molecule has 0 unspecified atom stereocenters. The van der Waals surface area contributed by atoms with Crippen LogP contribution in [0.4, 0.5) is 5.69 Å². The molecule has 150 valence electrons. The topological polar surface area (TPSA) is 67.9 Å². The summed E-state index contributed by atoms with van der Waals surface area (Å²) in [6.07, 6.45) is 0.222. The largest absolute Gasteiger partial charge is 0.493 e. The molecular weight excluding hydrogens is 356 g/mol. The molecule has 2 aromatic carbocycles. The van der Waals surface area contributed by atoms with Crippen LogP contribution in [-0.4, -0.2) is 37.5 Å². The normalized spacial score (nSPS) is 10.3. The zero-order chi connectivity index (χ0) is 20.7. The Bertz CT molecular complexity index is 848. The van der Waals surface area contributed by atoms with Crippen molar-refractivity contribution in [2.24, 2.45) is 0 Å². The Morgan fingerprint density at radius 3 is 2.36 bits per heavy atom. The zero-order valence-corrected chi connectivity index (χ0v) is 17.2. The molecule has 0 atom stereocenters. The third kappa shape index (κ3) is 5.74. The van der Waals surface area contributed by atoms with Gasteiger partial charge in [-0.05, 0) is 48.7 Å². The van der Waals surface area contributed by atoms with Gasteiger partial charge in [0, 0.05) is 32.1 Å². The Hall–Kier alpha value is -3.02. The Labute approximate surface area is 166 Å². The summed E-state index contributed by atoms with van der Waals surface area (Å²) in [5.74, 6) is 1.03. The van der Waals surface area contributed by atoms with Crippen LogP contribution in [0.1, 0.15) is 30.0 Å². The summed E-state index contributed by atoms with van der Waals surface area (Å²) in [6.45, 7) is 6.17. The van der Waals surface area contributed by atoms with Gasteiger partial charge >= 0.3 is 0 Å². The molecular formula is C22H28N2O4. The van der Waals surface area contributed by atoms with Crippen LogP contribution in [0.3, 0.4) is 0 Å². The molecule has 1 N–H and O–H groups in total. The van der Waals surface area contributed by atoms with Gasteiger partial charge in [0.15, 0.2) is 11.5 Å². The van der Waals surface area contributed by atoms with Gasteiger partial charge in [-0.2, -0.15) is 0 Å². The molecule has 2 amide bonds. The van der Waals surface area contributed by atoms with Gasteiger partial charge in [-0.1, -0.05) is 18.2 Å². The molecule has 6 heteroatoms. The lowest BCUT2D eigenvalue weighted by atomic mass is 10.1. The summed E-state index contributed by atoms with van der Waals surface area (Å²) in [5.41, 5.74) is 3.80.